The highest BCUT2D eigenvalue weighted by molar-refractivity contribution is 6.00. The lowest BCUT2D eigenvalue weighted by Crippen LogP contribution is -2.57. The molecule has 26 heavy (non-hydrogen) atoms. The molecule has 2 aromatic rings. The van der Waals surface area contributed by atoms with Crippen molar-refractivity contribution >= 4 is 23.1 Å². The van der Waals surface area contributed by atoms with Gasteiger partial charge in [0.2, 0.25) is 11.8 Å². The SMILES string of the molecule is CC(=O)NC1(C(=O)Nc2ccc3nnc(C4CCC4)n3c2)CCCCC1. The molecule has 0 radical (unpaired) electrons. The minimum Gasteiger partial charge on any atom is -0.342 e. The molecule has 7 heteroatoms. The molecule has 4 rings (SSSR count). The molecule has 2 aliphatic rings. The van der Waals surface area contributed by atoms with E-state index in [0.29, 0.717) is 24.4 Å². The molecule has 0 bridgehead atoms. The summed E-state index contributed by atoms with van der Waals surface area (Å²) >= 11 is 0. The van der Waals surface area contributed by atoms with Crippen LogP contribution in [0.25, 0.3) is 5.65 Å². The minimum atomic E-state index is -0.803. The number of nitrogens with one attached hydrogen (secondary N) is 2. The van der Waals surface area contributed by atoms with Gasteiger partial charge in [0.25, 0.3) is 0 Å². The van der Waals surface area contributed by atoms with E-state index in [-0.39, 0.29) is 11.8 Å². The number of carbonyl (C=O) groups is 2. The van der Waals surface area contributed by atoms with Crippen molar-refractivity contribution in [1.82, 2.24) is 19.9 Å². The van der Waals surface area contributed by atoms with Gasteiger partial charge in [0, 0.05) is 19.0 Å². The third-order valence-electron chi connectivity index (χ3n) is 5.71. The number of pyridine rings is 1. The van der Waals surface area contributed by atoms with Gasteiger partial charge in [-0.25, -0.2) is 0 Å². The molecular formula is C19H25N5O2. The van der Waals surface area contributed by atoms with Gasteiger partial charge < -0.3 is 10.6 Å². The van der Waals surface area contributed by atoms with Gasteiger partial charge in [0.15, 0.2) is 5.65 Å². The van der Waals surface area contributed by atoms with E-state index in [9.17, 15) is 9.59 Å². The number of nitrogens with zero attached hydrogens (tertiary/aromatic N) is 3. The van der Waals surface area contributed by atoms with Gasteiger partial charge in [-0.1, -0.05) is 25.7 Å². The van der Waals surface area contributed by atoms with Crippen LogP contribution < -0.4 is 10.6 Å². The molecule has 2 fully saturated rings. The zero-order valence-corrected chi connectivity index (χ0v) is 15.1. The summed E-state index contributed by atoms with van der Waals surface area (Å²) in [5.41, 5.74) is 0.695. The van der Waals surface area contributed by atoms with Gasteiger partial charge in [-0.05, 0) is 37.8 Å². The maximum Gasteiger partial charge on any atom is 0.250 e. The van der Waals surface area contributed by atoms with E-state index >= 15 is 0 Å². The first-order valence-corrected chi connectivity index (χ1v) is 9.52. The van der Waals surface area contributed by atoms with Crippen molar-refractivity contribution < 1.29 is 9.59 Å². The number of carbonyl (C=O) groups excluding carboxylic acids is 2. The topological polar surface area (TPSA) is 88.4 Å². The molecule has 2 amide bonds. The Hall–Kier alpha value is -2.44. The molecule has 0 aromatic carbocycles. The number of rotatable bonds is 4. The number of aromatic nitrogens is 3. The molecule has 0 saturated heterocycles. The zero-order chi connectivity index (χ0) is 18.1. The first kappa shape index (κ1) is 17.0. The molecule has 2 saturated carbocycles. The van der Waals surface area contributed by atoms with Crippen LogP contribution in [0.2, 0.25) is 0 Å². The Balaban J connectivity index is 1.58. The maximum absolute atomic E-state index is 13.0. The van der Waals surface area contributed by atoms with Crippen molar-refractivity contribution in [3.63, 3.8) is 0 Å². The summed E-state index contributed by atoms with van der Waals surface area (Å²) in [5, 5.41) is 14.5. The first-order chi connectivity index (χ1) is 12.6. The molecule has 0 spiro atoms. The van der Waals surface area contributed by atoms with Crippen LogP contribution in [0, 0.1) is 0 Å². The Kier molecular flexibility index (Phi) is 4.38. The second-order valence-corrected chi connectivity index (χ2v) is 7.61. The van der Waals surface area contributed by atoms with Crippen LogP contribution in [-0.4, -0.2) is 32.0 Å². The molecule has 2 heterocycles. The Labute approximate surface area is 152 Å². The Morgan fingerprint density at radius 2 is 1.88 bits per heavy atom. The molecule has 0 unspecified atom stereocenters. The molecule has 0 aliphatic heterocycles. The predicted octanol–water partition coefficient (Wildman–Crippen LogP) is 2.77. The smallest absolute Gasteiger partial charge is 0.250 e. The van der Waals surface area contributed by atoms with Crippen molar-refractivity contribution in [3.8, 4) is 0 Å². The average molecular weight is 355 g/mol. The number of amides is 2. The van der Waals surface area contributed by atoms with Gasteiger partial charge in [0.1, 0.15) is 11.4 Å². The lowest BCUT2D eigenvalue weighted by atomic mass is 9.80. The predicted molar refractivity (Wildman–Crippen MR) is 97.8 cm³/mol. The fourth-order valence-electron chi connectivity index (χ4n) is 4.08. The Morgan fingerprint density at radius 3 is 2.54 bits per heavy atom. The van der Waals surface area contributed by atoms with E-state index in [0.717, 1.165) is 43.6 Å². The first-order valence-electron chi connectivity index (χ1n) is 9.52. The summed E-state index contributed by atoms with van der Waals surface area (Å²) in [6, 6.07) is 3.72. The summed E-state index contributed by atoms with van der Waals surface area (Å²) in [6.07, 6.45) is 9.77. The van der Waals surface area contributed by atoms with Crippen LogP contribution in [0.4, 0.5) is 5.69 Å². The largest absolute Gasteiger partial charge is 0.342 e. The van der Waals surface area contributed by atoms with Crippen molar-refractivity contribution in [2.45, 2.75) is 69.7 Å². The lowest BCUT2D eigenvalue weighted by Gasteiger charge is -2.36. The normalized spacial score (nSPS) is 19.7. The van der Waals surface area contributed by atoms with Gasteiger partial charge in [0.05, 0.1) is 5.69 Å². The van der Waals surface area contributed by atoms with E-state index in [4.69, 9.17) is 0 Å². The standard InChI is InChI=1S/C19H25N5O2/c1-13(25)21-19(10-3-2-4-11-19)18(26)20-15-8-9-16-22-23-17(24(16)12-15)14-6-5-7-14/h8-9,12,14H,2-7,10-11H2,1H3,(H,20,26)(H,21,25). The highest BCUT2D eigenvalue weighted by Gasteiger charge is 2.40. The van der Waals surface area contributed by atoms with Crippen LogP contribution in [0.1, 0.15) is 70.0 Å². The van der Waals surface area contributed by atoms with E-state index < -0.39 is 5.54 Å². The fourth-order valence-corrected chi connectivity index (χ4v) is 4.08. The molecule has 2 N–H and O–H groups in total. The third kappa shape index (κ3) is 3.06. The number of anilines is 1. The summed E-state index contributed by atoms with van der Waals surface area (Å²) in [6.45, 7) is 1.47. The number of hydrogen-bond donors (Lipinski definition) is 2. The quantitative estimate of drug-likeness (QED) is 0.883. The number of fused-ring (bicyclic) bond motifs is 1. The summed E-state index contributed by atoms with van der Waals surface area (Å²) in [4.78, 5) is 24.7. The highest BCUT2D eigenvalue weighted by Crippen LogP contribution is 2.35. The van der Waals surface area contributed by atoms with Crippen LogP contribution in [0.3, 0.4) is 0 Å². The van der Waals surface area contributed by atoms with Gasteiger partial charge in [-0.15, -0.1) is 10.2 Å². The summed E-state index contributed by atoms with van der Waals surface area (Å²) in [5.74, 6) is 1.13. The van der Waals surface area contributed by atoms with Crippen LogP contribution in [-0.2, 0) is 9.59 Å². The van der Waals surface area contributed by atoms with Crippen molar-refractivity contribution in [2.24, 2.45) is 0 Å². The highest BCUT2D eigenvalue weighted by atomic mass is 16.2. The molecule has 7 nitrogen and oxygen atoms in total. The van der Waals surface area contributed by atoms with E-state index in [1.54, 1.807) is 0 Å². The summed E-state index contributed by atoms with van der Waals surface area (Å²) < 4.78 is 1.98. The second-order valence-electron chi connectivity index (χ2n) is 7.61. The van der Waals surface area contributed by atoms with E-state index in [2.05, 4.69) is 20.8 Å². The molecule has 2 aromatic heterocycles. The van der Waals surface area contributed by atoms with Crippen LogP contribution in [0.15, 0.2) is 18.3 Å². The Morgan fingerprint density at radius 1 is 1.12 bits per heavy atom. The minimum absolute atomic E-state index is 0.134. The number of hydrogen-bond acceptors (Lipinski definition) is 4. The van der Waals surface area contributed by atoms with Crippen LogP contribution in [0.5, 0.6) is 0 Å². The second kappa shape index (κ2) is 6.70. The van der Waals surface area contributed by atoms with Crippen molar-refractivity contribution in [2.75, 3.05) is 5.32 Å². The monoisotopic (exact) mass is 355 g/mol. The fraction of sp³-hybridized carbons (Fsp3) is 0.579. The van der Waals surface area contributed by atoms with Gasteiger partial charge >= 0.3 is 0 Å². The summed E-state index contributed by atoms with van der Waals surface area (Å²) in [7, 11) is 0. The molecule has 138 valence electrons. The molecular weight excluding hydrogens is 330 g/mol. The Bertz CT molecular complexity index is 834. The lowest BCUT2D eigenvalue weighted by molar-refractivity contribution is -0.130. The molecule has 2 aliphatic carbocycles. The van der Waals surface area contributed by atoms with E-state index in [1.807, 2.05) is 22.7 Å². The van der Waals surface area contributed by atoms with Crippen molar-refractivity contribution in [1.29, 1.82) is 0 Å². The maximum atomic E-state index is 13.0. The third-order valence-corrected chi connectivity index (χ3v) is 5.71. The average Bonchev–Trinajstić information content (AvgIpc) is 2.97. The van der Waals surface area contributed by atoms with Gasteiger partial charge in [-0.2, -0.15) is 0 Å². The molecule has 0 atom stereocenters. The zero-order valence-electron chi connectivity index (χ0n) is 15.1. The van der Waals surface area contributed by atoms with Crippen LogP contribution >= 0.6 is 0 Å². The van der Waals surface area contributed by atoms with E-state index in [1.165, 1.54) is 13.3 Å². The van der Waals surface area contributed by atoms with Crippen molar-refractivity contribution in [3.05, 3.63) is 24.2 Å². The van der Waals surface area contributed by atoms with Gasteiger partial charge in [-0.3, -0.25) is 14.0 Å².